The van der Waals surface area contributed by atoms with Crippen LogP contribution in [-0.4, -0.2) is 27.0 Å². The van der Waals surface area contributed by atoms with Gasteiger partial charge in [-0.1, -0.05) is 27.7 Å². The number of nitrogens with zero attached hydrogens (tertiary/aromatic N) is 2. The van der Waals surface area contributed by atoms with Gasteiger partial charge in [0.1, 0.15) is 17.5 Å². The molecule has 0 spiro atoms. The number of esters is 1. The molecular formula is C14H25N3O2S. The van der Waals surface area contributed by atoms with Crippen LogP contribution in [0.15, 0.2) is 0 Å². The first kappa shape index (κ1) is 16.9. The van der Waals surface area contributed by atoms with E-state index in [1.807, 2.05) is 48.5 Å². The number of rotatable bonds is 5. The molecule has 1 N–H and O–H groups in total. The minimum atomic E-state index is -0.490. The van der Waals surface area contributed by atoms with E-state index in [-0.39, 0.29) is 17.8 Å². The van der Waals surface area contributed by atoms with Crippen LogP contribution < -0.4 is 5.32 Å². The lowest BCUT2D eigenvalue weighted by Crippen LogP contribution is -2.39. The number of hydrogen-bond donors (Lipinski definition) is 1. The van der Waals surface area contributed by atoms with Gasteiger partial charge < -0.3 is 10.1 Å². The Balaban J connectivity index is 2.79. The molecule has 0 saturated carbocycles. The van der Waals surface area contributed by atoms with Crippen LogP contribution in [0.2, 0.25) is 0 Å². The number of anilines is 1. The lowest BCUT2D eigenvalue weighted by molar-refractivity contribution is -0.156. The molecule has 1 rings (SSSR count). The van der Waals surface area contributed by atoms with Gasteiger partial charge in [-0.25, -0.2) is 9.78 Å². The highest BCUT2D eigenvalue weighted by Crippen LogP contribution is 2.21. The van der Waals surface area contributed by atoms with Crippen molar-refractivity contribution in [3.8, 4) is 0 Å². The molecule has 6 heteroatoms. The fraction of sp³-hybridized carbons (Fsp3) is 0.786. The number of nitrogens with one attached hydrogen (secondary N) is 1. The lowest BCUT2D eigenvalue weighted by Gasteiger charge is -2.26. The molecule has 1 aromatic heterocycles. The molecule has 0 amide bonds. The Morgan fingerprint density at radius 2 is 1.85 bits per heavy atom. The largest absolute Gasteiger partial charge is 0.458 e. The summed E-state index contributed by atoms with van der Waals surface area (Å²) in [5.41, 5.74) is -0.490. The molecule has 114 valence electrons. The van der Waals surface area contributed by atoms with Crippen molar-refractivity contribution >= 4 is 22.6 Å². The molecule has 0 radical (unpaired) electrons. The van der Waals surface area contributed by atoms with Crippen molar-refractivity contribution in [2.45, 2.75) is 66.0 Å². The van der Waals surface area contributed by atoms with Gasteiger partial charge >= 0.3 is 5.97 Å². The van der Waals surface area contributed by atoms with E-state index in [9.17, 15) is 4.79 Å². The average Bonchev–Trinajstić information content (AvgIpc) is 2.71. The molecule has 0 fully saturated rings. The monoisotopic (exact) mass is 299 g/mol. The minimum Gasteiger partial charge on any atom is -0.458 e. The number of ether oxygens (including phenoxy) is 1. The Kier molecular flexibility index (Phi) is 5.50. The van der Waals surface area contributed by atoms with Gasteiger partial charge in [0, 0.05) is 17.5 Å². The Hall–Kier alpha value is -1.17. The summed E-state index contributed by atoms with van der Waals surface area (Å²) in [7, 11) is 0. The van der Waals surface area contributed by atoms with Crippen LogP contribution in [0, 0.1) is 5.92 Å². The maximum absolute atomic E-state index is 12.2. The Morgan fingerprint density at radius 3 is 2.25 bits per heavy atom. The van der Waals surface area contributed by atoms with Gasteiger partial charge in [-0.3, -0.25) is 0 Å². The number of carbonyl (C=O) groups excluding carboxylic acids is 1. The Bertz CT molecular complexity index is 450. The summed E-state index contributed by atoms with van der Waals surface area (Å²) in [5, 5.41) is 3.81. The molecule has 0 aliphatic heterocycles. The van der Waals surface area contributed by atoms with Gasteiger partial charge in [0.2, 0.25) is 5.13 Å². The summed E-state index contributed by atoms with van der Waals surface area (Å²) in [5.74, 6) is 0.926. The van der Waals surface area contributed by atoms with Crippen molar-refractivity contribution in [1.29, 1.82) is 0 Å². The number of aromatic nitrogens is 2. The van der Waals surface area contributed by atoms with Crippen molar-refractivity contribution in [2.75, 3.05) is 5.32 Å². The van der Waals surface area contributed by atoms with Crippen LogP contribution in [0.4, 0.5) is 5.13 Å². The van der Waals surface area contributed by atoms with E-state index in [4.69, 9.17) is 4.74 Å². The van der Waals surface area contributed by atoms with Crippen LogP contribution in [0.5, 0.6) is 0 Å². The maximum Gasteiger partial charge on any atom is 0.329 e. The molecule has 0 aliphatic carbocycles. The zero-order valence-corrected chi connectivity index (χ0v) is 14.2. The van der Waals surface area contributed by atoms with E-state index >= 15 is 0 Å². The van der Waals surface area contributed by atoms with E-state index in [1.54, 1.807) is 0 Å². The van der Waals surface area contributed by atoms with Crippen molar-refractivity contribution in [1.82, 2.24) is 9.36 Å². The van der Waals surface area contributed by atoms with Crippen molar-refractivity contribution < 1.29 is 9.53 Å². The van der Waals surface area contributed by atoms with E-state index in [2.05, 4.69) is 14.7 Å². The molecule has 1 heterocycles. The van der Waals surface area contributed by atoms with Crippen molar-refractivity contribution in [2.24, 2.45) is 5.92 Å². The highest BCUT2D eigenvalue weighted by molar-refractivity contribution is 7.09. The second-order valence-electron chi connectivity index (χ2n) is 6.51. The first-order chi connectivity index (χ1) is 9.10. The second-order valence-corrected chi connectivity index (χ2v) is 7.26. The zero-order chi connectivity index (χ0) is 15.5. The van der Waals surface area contributed by atoms with Crippen LogP contribution in [0.1, 0.15) is 60.2 Å². The molecule has 0 aliphatic rings. The number of carbonyl (C=O) groups is 1. The molecule has 1 atom stereocenters. The third kappa shape index (κ3) is 5.07. The normalized spacial score (nSPS) is 13.7. The highest BCUT2D eigenvalue weighted by Gasteiger charge is 2.28. The fourth-order valence-electron chi connectivity index (χ4n) is 1.52. The van der Waals surface area contributed by atoms with Gasteiger partial charge in [0.25, 0.3) is 0 Å². The van der Waals surface area contributed by atoms with Gasteiger partial charge in [-0.15, -0.1) is 0 Å². The molecule has 1 aromatic rings. The smallest absolute Gasteiger partial charge is 0.329 e. The summed E-state index contributed by atoms with van der Waals surface area (Å²) in [6, 6.07) is -0.415. The minimum absolute atomic E-state index is 0.108. The first-order valence-electron chi connectivity index (χ1n) is 6.93. The first-order valence-corrected chi connectivity index (χ1v) is 7.70. The second kappa shape index (κ2) is 6.52. The summed E-state index contributed by atoms with van der Waals surface area (Å²) >= 11 is 1.28. The lowest BCUT2D eigenvalue weighted by atomic mass is 10.0. The highest BCUT2D eigenvalue weighted by atomic mass is 32.1. The van der Waals surface area contributed by atoms with Crippen LogP contribution in [0.3, 0.4) is 0 Å². The Morgan fingerprint density at radius 1 is 1.25 bits per heavy atom. The zero-order valence-electron chi connectivity index (χ0n) is 13.4. The summed E-state index contributed by atoms with van der Waals surface area (Å²) in [6.45, 7) is 13.6. The fourth-order valence-corrected chi connectivity index (χ4v) is 2.27. The molecule has 0 unspecified atom stereocenters. The molecule has 20 heavy (non-hydrogen) atoms. The predicted octanol–water partition coefficient (Wildman–Crippen LogP) is 3.44. The van der Waals surface area contributed by atoms with E-state index < -0.39 is 11.6 Å². The molecule has 0 saturated heterocycles. The van der Waals surface area contributed by atoms with Gasteiger partial charge in [0.15, 0.2) is 0 Å². The van der Waals surface area contributed by atoms with Gasteiger partial charge in [-0.2, -0.15) is 4.37 Å². The van der Waals surface area contributed by atoms with Crippen molar-refractivity contribution in [3.05, 3.63) is 5.82 Å². The van der Waals surface area contributed by atoms with Crippen molar-refractivity contribution in [3.63, 3.8) is 0 Å². The van der Waals surface area contributed by atoms with E-state index in [0.717, 1.165) is 5.82 Å². The van der Waals surface area contributed by atoms with E-state index in [0.29, 0.717) is 5.13 Å². The predicted molar refractivity (Wildman–Crippen MR) is 82.1 cm³/mol. The Labute approximate surface area is 125 Å². The quantitative estimate of drug-likeness (QED) is 0.844. The standard InChI is InChI=1S/C14H25N3O2S/c1-8(2)10(12(18)19-14(5,6)7)15-13-16-11(9(3)4)17-20-13/h8-10H,1-7H3,(H,15,16,17)/t10-/m1/s1. The number of hydrogen-bond acceptors (Lipinski definition) is 6. The summed E-state index contributed by atoms with van der Waals surface area (Å²) < 4.78 is 9.72. The summed E-state index contributed by atoms with van der Waals surface area (Å²) in [6.07, 6.45) is 0. The third-order valence-corrected chi connectivity index (χ3v) is 3.22. The van der Waals surface area contributed by atoms with Crippen LogP contribution in [0.25, 0.3) is 0 Å². The van der Waals surface area contributed by atoms with Gasteiger partial charge in [0.05, 0.1) is 0 Å². The van der Waals surface area contributed by atoms with Crippen LogP contribution in [-0.2, 0) is 9.53 Å². The third-order valence-electron chi connectivity index (χ3n) is 2.56. The van der Waals surface area contributed by atoms with Crippen LogP contribution >= 0.6 is 11.5 Å². The molecule has 0 bridgehead atoms. The van der Waals surface area contributed by atoms with E-state index in [1.165, 1.54) is 11.5 Å². The molecule has 0 aromatic carbocycles. The molecule has 5 nitrogen and oxygen atoms in total. The SMILES string of the molecule is CC(C)c1nsc(N[C@@H](C(=O)OC(C)(C)C)C(C)C)n1. The maximum atomic E-state index is 12.2. The topological polar surface area (TPSA) is 64.1 Å². The summed E-state index contributed by atoms with van der Waals surface area (Å²) in [4.78, 5) is 16.6. The molecular weight excluding hydrogens is 274 g/mol. The van der Waals surface area contributed by atoms with Gasteiger partial charge in [-0.05, 0) is 26.7 Å². The average molecular weight is 299 g/mol.